The van der Waals surface area contributed by atoms with Gasteiger partial charge in [-0.15, -0.1) is 0 Å². The molecule has 3 heterocycles. The number of fused-ring (bicyclic) bond motifs is 8. The van der Waals surface area contributed by atoms with Crippen LogP contribution in [0.15, 0.2) is 150 Å². The Morgan fingerprint density at radius 3 is 2.02 bits per heavy atom. The summed E-state index contributed by atoms with van der Waals surface area (Å²) in [5, 5.41) is 6.45. The summed E-state index contributed by atoms with van der Waals surface area (Å²) in [6.45, 7) is 7.44. The van der Waals surface area contributed by atoms with Gasteiger partial charge in [0.2, 0.25) is 0 Å². The highest BCUT2D eigenvalue weighted by Crippen LogP contribution is 2.48. The molecule has 0 unspecified atom stereocenters. The summed E-state index contributed by atoms with van der Waals surface area (Å²) in [6, 6.07) is 53.4. The first-order valence-corrected chi connectivity index (χ1v) is 20.3. The Morgan fingerprint density at radius 2 is 1.15 bits per heavy atom. The second kappa shape index (κ2) is 9.99. The Kier molecular flexibility index (Phi) is 5.74. The van der Waals surface area contributed by atoms with Crippen LogP contribution >= 0.6 is 0 Å². The molecule has 0 spiro atoms. The zero-order chi connectivity index (χ0) is 32.1. The Bertz CT molecular complexity index is 2600. The molecule has 1 aromatic heterocycles. The number of benzene rings is 7. The van der Waals surface area contributed by atoms with Gasteiger partial charge in [0.15, 0.2) is 5.58 Å². The number of furan rings is 1. The molecule has 5 heteroatoms. The van der Waals surface area contributed by atoms with E-state index in [4.69, 9.17) is 4.42 Å². The normalized spacial score (nSPS) is 13.6. The number of rotatable bonds is 3. The summed E-state index contributed by atoms with van der Waals surface area (Å²) < 4.78 is 6.66. The molecule has 0 fully saturated rings. The van der Waals surface area contributed by atoms with Crippen LogP contribution in [0.25, 0.3) is 43.8 Å². The van der Waals surface area contributed by atoms with Gasteiger partial charge in [-0.25, -0.2) is 0 Å². The number of hydrogen-bond donors (Lipinski definition) is 0. The molecule has 7 aromatic carbocycles. The van der Waals surface area contributed by atoms with Crippen LogP contribution in [0.4, 0.5) is 28.4 Å². The van der Waals surface area contributed by atoms with Crippen LogP contribution in [0.3, 0.4) is 0 Å². The fourth-order valence-electron chi connectivity index (χ4n) is 8.48. The largest absolute Gasteiger partial charge is 0.454 e. The molecule has 0 N–H and O–H groups in total. The average molecular weight is 633 g/mol. The number of nitrogens with zero attached hydrogens (tertiary/aromatic N) is 2. The van der Waals surface area contributed by atoms with Crippen molar-refractivity contribution in [3.8, 4) is 11.1 Å². The predicted octanol–water partition coefficient (Wildman–Crippen LogP) is 9.99. The first-order chi connectivity index (χ1) is 23.5. The molecule has 3 nitrogen and oxygen atoms in total. The van der Waals surface area contributed by atoms with E-state index in [0.29, 0.717) is 0 Å². The van der Waals surface area contributed by atoms with Gasteiger partial charge < -0.3 is 14.1 Å². The van der Waals surface area contributed by atoms with Crippen LogP contribution in [0.5, 0.6) is 0 Å². The van der Waals surface area contributed by atoms with Crippen molar-refractivity contribution in [1.82, 2.24) is 0 Å². The second-order valence-electron chi connectivity index (χ2n) is 14.1. The Hall–Kier alpha value is -5.52. The molecule has 0 bridgehead atoms. The highest BCUT2D eigenvalue weighted by atomic mass is 28.3. The fourth-order valence-corrected chi connectivity index (χ4v) is 10.5. The van der Waals surface area contributed by atoms with Crippen molar-refractivity contribution in [2.75, 3.05) is 9.71 Å². The van der Waals surface area contributed by atoms with Gasteiger partial charge >= 0.3 is 6.85 Å². The summed E-state index contributed by atoms with van der Waals surface area (Å²) >= 11 is 0. The minimum Gasteiger partial charge on any atom is -0.454 e. The summed E-state index contributed by atoms with van der Waals surface area (Å²) in [7, 11) is -1.85. The van der Waals surface area contributed by atoms with Crippen LogP contribution < -0.4 is 25.8 Å². The van der Waals surface area contributed by atoms with Crippen molar-refractivity contribution in [2.24, 2.45) is 0 Å². The molecule has 2 aliphatic heterocycles. The molecule has 0 saturated carbocycles. The molecule has 8 aromatic rings. The van der Waals surface area contributed by atoms with E-state index < -0.39 is 8.07 Å². The summed E-state index contributed by atoms with van der Waals surface area (Å²) in [5.74, 6) is 0. The van der Waals surface area contributed by atoms with E-state index >= 15 is 0 Å². The highest BCUT2D eigenvalue weighted by Gasteiger charge is 2.46. The van der Waals surface area contributed by atoms with E-state index in [2.05, 4.69) is 169 Å². The Balaban J connectivity index is 1.31. The van der Waals surface area contributed by atoms with Crippen LogP contribution in [0.2, 0.25) is 19.6 Å². The molecule has 48 heavy (non-hydrogen) atoms. The van der Waals surface area contributed by atoms with E-state index in [1.807, 2.05) is 6.07 Å². The molecular formula is C43H33BN2OSi. The van der Waals surface area contributed by atoms with Gasteiger partial charge in [0.05, 0.1) is 13.8 Å². The van der Waals surface area contributed by atoms with Crippen molar-refractivity contribution >= 4 is 92.2 Å². The molecule has 228 valence electrons. The van der Waals surface area contributed by atoms with Gasteiger partial charge in [-0.2, -0.15) is 0 Å². The van der Waals surface area contributed by atoms with Crippen LogP contribution in [-0.2, 0) is 0 Å². The molecule has 0 radical (unpaired) electrons. The van der Waals surface area contributed by atoms with Gasteiger partial charge in [-0.1, -0.05) is 129 Å². The standard InChI is InChI=1S/C43H33BN2OSi/c1-48(2,3)43-29-15-5-4-14-28(29)26-27-39(43)46-35-21-9-6-16-30(35)32-18-12-23-37-41(32)44(46)34-20-8-10-22-36(34)45(37)38-24-13-19-33-31-17-7-11-25-40(31)47-42(33)38/h4-27H,1-3H3. The minimum absolute atomic E-state index is 0.00955. The van der Waals surface area contributed by atoms with Crippen molar-refractivity contribution in [1.29, 1.82) is 0 Å². The van der Waals surface area contributed by atoms with Crippen molar-refractivity contribution in [3.63, 3.8) is 0 Å². The Morgan fingerprint density at radius 1 is 0.500 bits per heavy atom. The quantitative estimate of drug-likeness (QED) is 0.181. The number of anilines is 5. The smallest absolute Gasteiger partial charge is 0.333 e. The lowest BCUT2D eigenvalue weighted by atomic mass is 9.43. The van der Waals surface area contributed by atoms with E-state index in [1.165, 1.54) is 60.8 Å². The molecule has 2 aliphatic rings. The number of hydrogen-bond acceptors (Lipinski definition) is 3. The summed E-state index contributed by atoms with van der Waals surface area (Å²) in [4.78, 5) is 5.11. The maximum Gasteiger partial charge on any atom is 0.333 e. The van der Waals surface area contributed by atoms with Gasteiger partial charge in [0.25, 0.3) is 0 Å². The third-order valence-corrected chi connectivity index (χ3v) is 12.3. The first-order valence-electron chi connectivity index (χ1n) is 16.8. The zero-order valence-corrected chi connectivity index (χ0v) is 28.2. The van der Waals surface area contributed by atoms with Gasteiger partial charge in [-0.3, -0.25) is 0 Å². The van der Waals surface area contributed by atoms with Crippen LogP contribution in [0, 0.1) is 0 Å². The third-order valence-electron chi connectivity index (χ3n) is 10.3. The molecule has 0 atom stereocenters. The lowest BCUT2D eigenvalue weighted by molar-refractivity contribution is 0.669. The molecule has 0 aliphatic carbocycles. The molecule has 0 saturated heterocycles. The highest BCUT2D eigenvalue weighted by molar-refractivity contribution is 6.96. The van der Waals surface area contributed by atoms with Crippen LogP contribution in [-0.4, -0.2) is 14.9 Å². The van der Waals surface area contributed by atoms with E-state index in [9.17, 15) is 0 Å². The van der Waals surface area contributed by atoms with Gasteiger partial charge in [0.1, 0.15) is 5.58 Å². The zero-order valence-electron chi connectivity index (χ0n) is 27.2. The average Bonchev–Trinajstić information content (AvgIpc) is 3.50. The molecule has 0 amide bonds. The Labute approximate surface area is 281 Å². The third kappa shape index (κ3) is 3.76. The van der Waals surface area contributed by atoms with Gasteiger partial charge in [-0.05, 0) is 68.8 Å². The van der Waals surface area contributed by atoms with Crippen molar-refractivity contribution < 1.29 is 4.42 Å². The summed E-state index contributed by atoms with van der Waals surface area (Å²) in [5.41, 5.74) is 13.0. The first kappa shape index (κ1) is 27.6. The van der Waals surface area contributed by atoms with Crippen molar-refractivity contribution in [2.45, 2.75) is 19.6 Å². The summed E-state index contributed by atoms with van der Waals surface area (Å²) in [6.07, 6.45) is 0. The van der Waals surface area contributed by atoms with Crippen molar-refractivity contribution in [3.05, 3.63) is 146 Å². The number of para-hydroxylation sites is 4. The van der Waals surface area contributed by atoms with E-state index in [0.717, 1.165) is 27.6 Å². The lowest BCUT2D eigenvalue weighted by Crippen LogP contribution is -2.62. The molecule has 10 rings (SSSR count). The molecular weight excluding hydrogens is 599 g/mol. The van der Waals surface area contributed by atoms with Gasteiger partial charge in [0, 0.05) is 39.1 Å². The second-order valence-corrected chi connectivity index (χ2v) is 19.1. The topological polar surface area (TPSA) is 19.6 Å². The fraction of sp³-hybridized carbons (Fsp3) is 0.0698. The minimum atomic E-state index is -1.85. The maximum absolute atomic E-state index is 6.66. The van der Waals surface area contributed by atoms with E-state index in [-0.39, 0.29) is 6.85 Å². The SMILES string of the molecule is C[Si](C)(C)c1c(N2B3c4ccccc4N(c4cccc5c4oc4ccccc45)c4cccc(c43)-c3ccccc32)ccc2ccccc12. The van der Waals surface area contributed by atoms with Crippen LogP contribution in [0.1, 0.15) is 0 Å². The monoisotopic (exact) mass is 632 g/mol. The lowest BCUT2D eigenvalue weighted by Gasteiger charge is -2.46. The predicted molar refractivity (Wildman–Crippen MR) is 208 cm³/mol. The van der Waals surface area contributed by atoms with E-state index in [1.54, 1.807) is 0 Å². The maximum atomic E-state index is 6.66.